The van der Waals surface area contributed by atoms with Gasteiger partial charge in [0.1, 0.15) is 23.2 Å². The molecule has 6 aromatic rings. The average molecular weight is 839 g/mol. The van der Waals surface area contributed by atoms with E-state index in [1.165, 1.54) is 9.25 Å². The number of benzene rings is 1. The van der Waals surface area contributed by atoms with Crippen molar-refractivity contribution in [3.05, 3.63) is 65.2 Å². The number of piperidine rings is 1. The predicted octanol–water partition coefficient (Wildman–Crippen LogP) is 3.52. The number of anilines is 2. The van der Waals surface area contributed by atoms with E-state index in [-0.39, 0.29) is 47.9 Å². The van der Waals surface area contributed by atoms with E-state index in [1.54, 1.807) is 39.4 Å². The van der Waals surface area contributed by atoms with Crippen molar-refractivity contribution in [1.82, 2.24) is 58.7 Å². The van der Waals surface area contributed by atoms with Gasteiger partial charge >= 0.3 is 5.69 Å². The van der Waals surface area contributed by atoms with E-state index in [1.807, 2.05) is 30.5 Å². The summed E-state index contributed by atoms with van der Waals surface area (Å²) in [5, 5.41) is 19.8. The highest BCUT2D eigenvalue weighted by molar-refractivity contribution is 6.00. The van der Waals surface area contributed by atoms with Crippen LogP contribution in [0.1, 0.15) is 69.7 Å². The summed E-state index contributed by atoms with van der Waals surface area (Å²) in [6.07, 6.45) is 8.05. The lowest BCUT2D eigenvalue weighted by molar-refractivity contribution is -0.135. The Bertz CT molecular complexity index is 2670. The minimum atomic E-state index is -2.79. The number of carbonyl (C=O) groups is 2. The van der Waals surface area contributed by atoms with E-state index >= 15 is 0 Å². The van der Waals surface area contributed by atoms with Crippen molar-refractivity contribution in [2.75, 3.05) is 62.3 Å². The van der Waals surface area contributed by atoms with Gasteiger partial charge in [-0.05, 0) is 63.1 Å². The highest BCUT2D eigenvalue weighted by Gasteiger charge is 2.34. The molecule has 0 spiro atoms. The number of alkyl halides is 2. The number of nitrogens with zero attached hydrogens (tertiary/aromatic N) is 13. The monoisotopic (exact) mass is 838 g/mol. The number of halogens is 2. The number of fused-ring (bicyclic) bond motifs is 2. The first kappa shape index (κ1) is 39.1. The van der Waals surface area contributed by atoms with E-state index in [9.17, 15) is 23.2 Å². The molecule has 20 heteroatoms. The lowest BCUT2D eigenvalue weighted by atomic mass is 9.85. The lowest BCUT2D eigenvalue weighted by Gasteiger charge is -2.43. The van der Waals surface area contributed by atoms with E-state index < -0.39 is 18.4 Å². The summed E-state index contributed by atoms with van der Waals surface area (Å²) < 4.78 is 42.3. The van der Waals surface area contributed by atoms with Crippen molar-refractivity contribution >= 4 is 40.0 Å². The quantitative estimate of drug-likeness (QED) is 0.211. The van der Waals surface area contributed by atoms with Gasteiger partial charge in [-0.3, -0.25) is 33.6 Å². The molecule has 3 aliphatic heterocycles. The summed E-state index contributed by atoms with van der Waals surface area (Å²) in [6, 6.07) is 7.16. The number of rotatable bonds is 9. The first-order valence-corrected chi connectivity index (χ1v) is 21.1. The maximum atomic E-state index is 14.5. The number of nitrogens with one attached hydrogen (secondary N) is 1. The molecule has 10 rings (SSSR count). The third-order valence-electron chi connectivity index (χ3n) is 13.0. The van der Waals surface area contributed by atoms with Gasteiger partial charge < -0.3 is 14.5 Å². The Morgan fingerprint density at radius 2 is 1.79 bits per heavy atom. The summed E-state index contributed by atoms with van der Waals surface area (Å²) in [4.78, 5) is 50.0. The van der Waals surface area contributed by atoms with Crippen LogP contribution in [0.15, 0.2) is 53.8 Å². The fourth-order valence-corrected chi connectivity index (χ4v) is 9.82. The van der Waals surface area contributed by atoms with Crippen LogP contribution in [-0.2, 0) is 21.4 Å². The average Bonchev–Trinajstić information content (AvgIpc) is 4.07. The SMILES string of the molecule is C[C@@H]1CN(CC2CCC(n3cc(-n4cc(-c5cnn6ccc(N7CCOCC7)nc56)nn4)c(C(F)F)n3)CC2)CCN1c1cccc2c1n(C)c(=O)n2C1CCC(=O)NC1=O. The number of imide groups is 1. The maximum absolute atomic E-state index is 14.5. The fourth-order valence-electron chi connectivity index (χ4n) is 9.82. The number of aromatic nitrogens is 10. The number of aryl methyl sites for hydroxylation is 1. The Morgan fingerprint density at radius 1 is 0.967 bits per heavy atom. The van der Waals surface area contributed by atoms with Crippen LogP contribution in [0.5, 0.6) is 0 Å². The predicted molar refractivity (Wildman–Crippen MR) is 220 cm³/mol. The Balaban J connectivity index is 0.789. The van der Waals surface area contributed by atoms with Gasteiger partial charge in [0, 0.05) is 65.0 Å². The number of imidazole rings is 1. The van der Waals surface area contributed by atoms with Gasteiger partial charge in [-0.15, -0.1) is 5.10 Å². The summed E-state index contributed by atoms with van der Waals surface area (Å²) in [5.41, 5.74) is 3.71. The molecule has 61 heavy (non-hydrogen) atoms. The molecule has 1 aliphatic carbocycles. The molecule has 3 saturated heterocycles. The molecule has 1 aromatic carbocycles. The van der Waals surface area contributed by atoms with Crippen LogP contribution >= 0.6 is 0 Å². The van der Waals surface area contributed by atoms with Gasteiger partial charge in [-0.1, -0.05) is 11.3 Å². The molecule has 4 aliphatic rings. The van der Waals surface area contributed by atoms with Crippen LogP contribution in [0.3, 0.4) is 0 Å². The number of morpholine rings is 1. The molecular weight excluding hydrogens is 791 g/mol. The van der Waals surface area contributed by atoms with Crippen LogP contribution in [0.2, 0.25) is 0 Å². The number of hydrogen-bond acceptors (Lipinski definition) is 12. The zero-order valence-corrected chi connectivity index (χ0v) is 34.1. The molecule has 18 nitrogen and oxygen atoms in total. The second-order valence-corrected chi connectivity index (χ2v) is 16.7. The molecule has 1 unspecified atom stereocenters. The van der Waals surface area contributed by atoms with Crippen LogP contribution in [0.4, 0.5) is 20.3 Å². The van der Waals surface area contributed by atoms with E-state index in [0.29, 0.717) is 41.6 Å². The Kier molecular flexibility index (Phi) is 10.1. The number of piperazine rings is 1. The van der Waals surface area contributed by atoms with Gasteiger partial charge in [0.15, 0.2) is 11.3 Å². The molecule has 1 N–H and O–H groups in total. The summed E-state index contributed by atoms with van der Waals surface area (Å²) in [6.45, 7) is 8.34. The molecule has 5 aromatic heterocycles. The normalized spacial score (nSPS) is 23.2. The van der Waals surface area contributed by atoms with Crippen molar-refractivity contribution < 1.29 is 23.1 Å². The summed E-state index contributed by atoms with van der Waals surface area (Å²) >= 11 is 0. The van der Waals surface area contributed by atoms with E-state index in [2.05, 4.69) is 47.4 Å². The fraction of sp³-hybridized carbons (Fsp3) is 0.512. The van der Waals surface area contributed by atoms with Crippen LogP contribution in [-0.4, -0.2) is 124 Å². The first-order valence-electron chi connectivity index (χ1n) is 21.1. The van der Waals surface area contributed by atoms with Crippen LogP contribution in [0.25, 0.3) is 33.6 Å². The number of para-hydroxylation sites is 1. The zero-order valence-electron chi connectivity index (χ0n) is 34.1. The second kappa shape index (κ2) is 15.8. The van der Waals surface area contributed by atoms with Crippen molar-refractivity contribution in [3.8, 4) is 16.9 Å². The molecule has 4 fully saturated rings. The highest BCUT2D eigenvalue weighted by Crippen LogP contribution is 2.37. The topological polar surface area (TPSA) is 171 Å². The smallest absolute Gasteiger partial charge is 0.329 e. The van der Waals surface area contributed by atoms with Crippen molar-refractivity contribution in [3.63, 3.8) is 0 Å². The number of ether oxygens (including phenoxy) is 1. The Labute approximate surface area is 348 Å². The van der Waals surface area contributed by atoms with Gasteiger partial charge in [0.2, 0.25) is 11.8 Å². The largest absolute Gasteiger partial charge is 0.378 e. The van der Waals surface area contributed by atoms with E-state index in [4.69, 9.17) is 9.72 Å². The Hall–Kier alpha value is -6.02. The van der Waals surface area contributed by atoms with Gasteiger partial charge in [-0.2, -0.15) is 10.2 Å². The van der Waals surface area contributed by atoms with Gasteiger partial charge in [-0.25, -0.2) is 27.8 Å². The molecule has 8 heterocycles. The van der Waals surface area contributed by atoms with Crippen molar-refractivity contribution in [2.24, 2.45) is 13.0 Å². The van der Waals surface area contributed by atoms with Gasteiger partial charge in [0.05, 0.1) is 60.1 Å². The minimum Gasteiger partial charge on any atom is -0.378 e. The molecule has 0 radical (unpaired) electrons. The summed E-state index contributed by atoms with van der Waals surface area (Å²) in [5.74, 6) is 0.506. The molecule has 1 saturated carbocycles. The second-order valence-electron chi connectivity index (χ2n) is 16.7. The lowest BCUT2D eigenvalue weighted by Crippen LogP contribution is -2.53. The zero-order chi connectivity index (χ0) is 41.9. The van der Waals surface area contributed by atoms with Gasteiger partial charge in [0.25, 0.3) is 6.43 Å². The number of amides is 2. The molecule has 0 bridgehead atoms. The number of carbonyl (C=O) groups excluding carboxylic acids is 2. The standard InChI is InChI=1S/C41H48F2N14O4/c1-25-21-51(14-15-53(25)30-4-3-5-31-37(30)50(2)41(60)57(31)32-10-11-35(58)46-40(32)59)22-26-6-8-27(9-7-26)55-24-33(36(48-55)38(42)43)56-23-29(47-49-56)28-20-44-54-13-12-34(45-39(28)54)52-16-18-61-19-17-52/h3-5,12-13,20,23-27,32,38H,6-11,14-19,21-22H2,1-2H3,(H,46,58,59)/t25-,26?,27?,32?/m1/s1. The maximum Gasteiger partial charge on any atom is 0.329 e. The van der Waals surface area contributed by atoms with Crippen LogP contribution < -0.4 is 20.8 Å². The Morgan fingerprint density at radius 3 is 2.56 bits per heavy atom. The highest BCUT2D eigenvalue weighted by atomic mass is 19.3. The first-order chi connectivity index (χ1) is 29.6. The van der Waals surface area contributed by atoms with Crippen LogP contribution in [0, 0.1) is 5.92 Å². The molecule has 320 valence electrons. The van der Waals surface area contributed by atoms with Crippen molar-refractivity contribution in [1.29, 1.82) is 0 Å². The minimum absolute atomic E-state index is 0.0108. The molecule has 2 amide bonds. The molecule has 2 atom stereocenters. The van der Waals surface area contributed by atoms with E-state index in [0.717, 1.165) is 82.0 Å². The third kappa shape index (κ3) is 7.13. The summed E-state index contributed by atoms with van der Waals surface area (Å²) in [7, 11) is 1.74. The third-order valence-corrected chi connectivity index (χ3v) is 13.0. The van der Waals surface area contributed by atoms with Crippen molar-refractivity contribution in [2.45, 2.75) is 70.0 Å². The molecular formula is C41H48F2N14O4. The number of hydrogen-bond donors (Lipinski definition) is 1.